The summed E-state index contributed by atoms with van der Waals surface area (Å²) in [5.41, 5.74) is 6.16. The lowest BCUT2D eigenvalue weighted by Crippen LogP contribution is -2.40. The van der Waals surface area contributed by atoms with Gasteiger partial charge >= 0.3 is 5.97 Å². The number of alkyl halides is 1. The Bertz CT molecular complexity index is 710. The van der Waals surface area contributed by atoms with Gasteiger partial charge in [-0.2, -0.15) is 0 Å². The molecule has 1 aromatic rings. The molecule has 5 nitrogen and oxygen atoms in total. The number of Topliss-reactive ketones (excluding diaryl/α,β-unsaturated/α-hetero) is 1. The van der Waals surface area contributed by atoms with Gasteiger partial charge in [0.1, 0.15) is 11.5 Å². The highest BCUT2D eigenvalue weighted by atomic mass is 35.5. The number of carbonyl (C=O) groups excluding carboxylic acids is 2. The lowest BCUT2D eigenvalue weighted by molar-refractivity contribution is -0.132. The number of esters is 1. The number of hydrogen-bond donors (Lipinski definition) is 2. The van der Waals surface area contributed by atoms with Crippen molar-refractivity contribution in [2.24, 2.45) is 5.73 Å². The quantitative estimate of drug-likeness (QED) is 0.365. The highest BCUT2D eigenvalue weighted by molar-refractivity contribution is 6.34. The van der Waals surface area contributed by atoms with E-state index in [0.29, 0.717) is 11.1 Å². The Hall–Kier alpha value is -1.59. The summed E-state index contributed by atoms with van der Waals surface area (Å²) >= 11 is 6.32. The normalized spacial score (nSPS) is 14.8. The summed E-state index contributed by atoms with van der Waals surface area (Å²) < 4.78 is 5.52. The van der Waals surface area contributed by atoms with Crippen molar-refractivity contribution in [2.45, 2.75) is 71.2 Å². The average molecular weight is 370 g/mol. The predicted molar refractivity (Wildman–Crippen MR) is 99.2 cm³/mol. The molecule has 3 N–H and O–H groups in total. The first-order valence-electron chi connectivity index (χ1n) is 8.10. The largest absolute Gasteiger partial charge is 0.508 e. The number of phenolic OH excluding ortho intramolecular Hbond substituents is 1. The minimum absolute atomic E-state index is 0.0680. The van der Waals surface area contributed by atoms with Crippen LogP contribution in [0.4, 0.5) is 0 Å². The first-order valence-corrected chi connectivity index (χ1v) is 8.47. The van der Waals surface area contributed by atoms with Gasteiger partial charge in [-0.1, -0.05) is 53.1 Å². The number of nitrogens with two attached hydrogens (primary N) is 1. The molecule has 25 heavy (non-hydrogen) atoms. The summed E-state index contributed by atoms with van der Waals surface area (Å²) in [6.45, 7) is 14.0. The molecule has 1 rings (SSSR count). The van der Waals surface area contributed by atoms with Gasteiger partial charge in [-0.15, -0.1) is 0 Å². The standard InChI is InChI=1S/C19H28ClNO4/c1-10(22)19(20,21)14-13(24)9-12(17(3,4)5)16(25-11(2)23)15(14)18(6,7)8/h9,24H,21H2,1-8H3. The SMILES string of the molecule is CC(=O)Oc1c(C(C)(C)C)cc(O)c(C(N)(Cl)C(C)=O)c1C(C)(C)C. The molecule has 0 aliphatic heterocycles. The number of benzene rings is 1. The highest BCUT2D eigenvalue weighted by Crippen LogP contribution is 2.49. The molecule has 0 saturated carbocycles. The van der Waals surface area contributed by atoms with Crippen LogP contribution in [0.1, 0.15) is 72.1 Å². The minimum Gasteiger partial charge on any atom is -0.508 e. The van der Waals surface area contributed by atoms with Gasteiger partial charge in [-0.05, 0) is 23.8 Å². The molecule has 1 atom stereocenters. The fourth-order valence-electron chi connectivity index (χ4n) is 2.72. The van der Waals surface area contributed by atoms with Crippen molar-refractivity contribution >= 4 is 23.4 Å². The maximum Gasteiger partial charge on any atom is 0.308 e. The Morgan fingerprint density at radius 1 is 1.04 bits per heavy atom. The van der Waals surface area contributed by atoms with Crippen LogP contribution in [0, 0.1) is 0 Å². The van der Waals surface area contributed by atoms with Crippen LogP contribution in [0.3, 0.4) is 0 Å². The summed E-state index contributed by atoms with van der Waals surface area (Å²) in [4.78, 5) is 21.8. The zero-order valence-corrected chi connectivity index (χ0v) is 17.0. The van der Waals surface area contributed by atoms with E-state index in [1.807, 2.05) is 41.5 Å². The third kappa shape index (κ3) is 4.33. The summed E-state index contributed by atoms with van der Waals surface area (Å²) in [5, 5.41) is 10.7. The molecule has 0 fully saturated rings. The van der Waals surface area contributed by atoms with Crippen molar-refractivity contribution in [3.05, 3.63) is 22.8 Å². The Morgan fingerprint density at radius 2 is 1.52 bits per heavy atom. The maximum absolute atomic E-state index is 12.0. The summed E-state index contributed by atoms with van der Waals surface area (Å²) in [6.07, 6.45) is 0. The van der Waals surface area contributed by atoms with E-state index in [9.17, 15) is 14.7 Å². The molecule has 0 spiro atoms. The number of ketones is 1. The highest BCUT2D eigenvalue weighted by Gasteiger charge is 2.42. The third-order valence-electron chi connectivity index (χ3n) is 3.94. The number of halogens is 1. The van der Waals surface area contributed by atoms with Crippen molar-refractivity contribution in [2.75, 3.05) is 0 Å². The van der Waals surface area contributed by atoms with E-state index < -0.39 is 27.6 Å². The molecule has 0 radical (unpaired) electrons. The van der Waals surface area contributed by atoms with Crippen LogP contribution in [0.5, 0.6) is 11.5 Å². The Kier molecular flexibility index (Phi) is 5.68. The topological polar surface area (TPSA) is 89.6 Å². The van der Waals surface area contributed by atoms with Gasteiger partial charge in [0.05, 0.1) is 0 Å². The van der Waals surface area contributed by atoms with Crippen LogP contribution < -0.4 is 10.5 Å². The van der Waals surface area contributed by atoms with Crippen LogP contribution in [-0.2, 0) is 25.4 Å². The first kappa shape index (κ1) is 21.5. The molecule has 0 bridgehead atoms. The smallest absolute Gasteiger partial charge is 0.308 e. The third-order valence-corrected chi connectivity index (χ3v) is 4.39. The maximum atomic E-state index is 12.0. The van der Waals surface area contributed by atoms with Crippen molar-refractivity contribution < 1.29 is 19.4 Å². The molecule has 0 aliphatic carbocycles. The van der Waals surface area contributed by atoms with Crippen LogP contribution in [0.15, 0.2) is 6.07 Å². The van der Waals surface area contributed by atoms with Gasteiger partial charge in [0, 0.05) is 23.6 Å². The monoisotopic (exact) mass is 369 g/mol. The Morgan fingerprint density at radius 3 is 1.84 bits per heavy atom. The number of hydrogen-bond acceptors (Lipinski definition) is 5. The molecule has 1 aromatic carbocycles. The zero-order valence-electron chi connectivity index (χ0n) is 16.2. The van der Waals surface area contributed by atoms with Crippen LogP contribution in [-0.4, -0.2) is 16.9 Å². The summed E-state index contributed by atoms with van der Waals surface area (Å²) in [5.74, 6) is -0.935. The summed E-state index contributed by atoms with van der Waals surface area (Å²) in [7, 11) is 0. The fourth-order valence-corrected chi connectivity index (χ4v) is 2.91. The molecular formula is C19H28ClNO4. The van der Waals surface area contributed by atoms with Crippen LogP contribution in [0.25, 0.3) is 0 Å². The van der Waals surface area contributed by atoms with Crippen LogP contribution in [0.2, 0.25) is 0 Å². The van der Waals surface area contributed by atoms with E-state index in [1.54, 1.807) is 0 Å². The van der Waals surface area contributed by atoms with Gasteiger partial charge in [-0.3, -0.25) is 9.59 Å². The van der Waals surface area contributed by atoms with Gasteiger partial charge in [0.25, 0.3) is 0 Å². The second-order valence-corrected chi connectivity index (χ2v) is 8.98. The minimum atomic E-state index is -1.93. The van der Waals surface area contributed by atoms with Gasteiger partial charge < -0.3 is 15.6 Å². The molecule has 0 saturated heterocycles. The lowest BCUT2D eigenvalue weighted by atomic mass is 9.75. The van der Waals surface area contributed by atoms with Gasteiger partial charge in [-0.25, -0.2) is 0 Å². The molecule has 0 aliphatic rings. The molecule has 1 unspecified atom stereocenters. The molecule has 140 valence electrons. The molecule has 6 heteroatoms. The number of carbonyl (C=O) groups is 2. The van der Waals surface area contributed by atoms with E-state index >= 15 is 0 Å². The number of ether oxygens (including phenoxy) is 1. The first-order chi connectivity index (χ1) is 11.0. The molecule has 0 heterocycles. The van der Waals surface area contributed by atoms with E-state index in [1.165, 1.54) is 19.9 Å². The predicted octanol–water partition coefficient (Wildman–Crippen LogP) is 3.85. The van der Waals surface area contributed by atoms with Gasteiger partial charge in [0.2, 0.25) is 0 Å². The van der Waals surface area contributed by atoms with E-state index in [2.05, 4.69) is 0 Å². The van der Waals surface area contributed by atoms with Crippen molar-refractivity contribution in [3.63, 3.8) is 0 Å². The lowest BCUT2D eigenvalue weighted by Gasteiger charge is -2.35. The molecule has 0 aromatic heterocycles. The number of phenols is 1. The van der Waals surface area contributed by atoms with Gasteiger partial charge in [0.15, 0.2) is 10.8 Å². The van der Waals surface area contributed by atoms with Crippen molar-refractivity contribution in [3.8, 4) is 11.5 Å². The van der Waals surface area contributed by atoms with E-state index in [0.717, 1.165) is 0 Å². The second kappa shape index (κ2) is 6.61. The van der Waals surface area contributed by atoms with Crippen LogP contribution >= 0.6 is 11.6 Å². The summed E-state index contributed by atoms with van der Waals surface area (Å²) in [6, 6.07) is 1.47. The Balaban J connectivity index is 4.13. The van der Waals surface area contributed by atoms with Crippen molar-refractivity contribution in [1.82, 2.24) is 0 Å². The van der Waals surface area contributed by atoms with Crippen molar-refractivity contribution in [1.29, 1.82) is 0 Å². The zero-order chi connectivity index (χ0) is 20.0. The second-order valence-electron chi connectivity index (χ2n) is 8.38. The van der Waals surface area contributed by atoms with E-state index in [-0.39, 0.29) is 17.1 Å². The Labute approximate surface area is 154 Å². The van der Waals surface area contributed by atoms with E-state index in [4.69, 9.17) is 22.1 Å². The fraction of sp³-hybridized carbons (Fsp3) is 0.579. The number of rotatable bonds is 3. The number of aromatic hydroxyl groups is 1. The molecular weight excluding hydrogens is 342 g/mol. The molecule has 0 amide bonds. The average Bonchev–Trinajstić information content (AvgIpc) is 2.36.